The number of rotatable bonds is 1. The van der Waals surface area contributed by atoms with Crippen LogP contribution in [0.2, 0.25) is 0 Å². The molecule has 0 bridgehead atoms. The molecule has 1 saturated carbocycles. The zero-order valence-corrected chi connectivity index (χ0v) is 7.64. The maximum Gasteiger partial charge on any atom is 0.392 e. The second-order valence-electron chi connectivity index (χ2n) is 3.99. The van der Waals surface area contributed by atoms with Crippen molar-refractivity contribution >= 4 is 0 Å². The molecule has 0 heterocycles. The fraction of sp³-hybridized carbons (Fsp3) is 1.00. The van der Waals surface area contributed by atoms with Gasteiger partial charge >= 0.3 is 6.18 Å². The van der Waals surface area contributed by atoms with Gasteiger partial charge in [0.2, 0.25) is 0 Å². The van der Waals surface area contributed by atoms with Gasteiger partial charge in [-0.2, -0.15) is 13.2 Å². The van der Waals surface area contributed by atoms with Gasteiger partial charge in [-0.3, -0.25) is 0 Å². The van der Waals surface area contributed by atoms with Gasteiger partial charge in [-0.25, -0.2) is 0 Å². The summed E-state index contributed by atoms with van der Waals surface area (Å²) >= 11 is 0. The van der Waals surface area contributed by atoms with Crippen molar-refractivity contribution in [2.45, 2.75) is 32.4 Å². The van der Waals surface area contributed by atoms with Crippen molar-refractivity contribution in [1.29, 1.82) is 0 Å². The Morgan fingerprint density at radius 1 is 1.31 bits per heavy atom. The highest BCUT2D eigenvalue weighted by atomic mass is 19.4. The number of hydrogen-bond donors (Lipinski definition) is 1. The predicted molar refractivity (Wildman–Crippen MR) is 43.1 cm³/mol. The monoisotopic (exact) mass is 196 g/mol. The normalized spacial score (nSPS) is 36.2. The van der Waals surface area contributed by atoms with E-state index < -0.39 is 12.1 Å². The molecular weight excluding hydrogens is 181 g/mol. The van der Waals surface area contributed by atoms with Gasteiger partial charge in [0, 0.05) is 6.61 Å². The highest BCUT2D eigenvalue weighted by Gasteiger charge is 2.45. The van der Waals surface area contributed by atoms with Crippen molar-refractivity contribution in [3.8, 4) is 0 Å². The number of hydrogen-bond acceptors (Lipinski definition) is 1. The van der Waals surface area contributed by atoms with Gasteiger partial charge in [-0.15, -0.1) is 0 Å². The summed E-state index contributed by atoms with van der Waals surface area (Å²) in [6, 6.07) is 0. The van der Waals surface area contributed by atoms with E-state index in [2.05, 4.69) is 0 Å². The maximum atomic E-state index is 12.4. The van der Waals surface area contributed by atoms with Crippen LogP contribution in [0.25, 0.3) is 0 Å². The molecule has 0 aromatic heterocycles. The molecule has 1 rings (SSSR count). The van der Waals surface area contributed by atoms with Crippen LogP contribution in [0, 0.1) is 17.8 Å². The molecule has 0 saturated heterocycles. The third kappa shape index (κ3) is 2.59. The Balaban J connectivity index is 2.60. The smallest absolute Gasteiger partial charge is 0.392 e. The van der Waals surface area contributed by atoms with E-state index >= 15 is 0 Å². The topological polar surface area (TPSA) is 20.2 Å². The number of aliphatic hydroxyl groups excluding tert-OH is 1. The lowest BCUT2D eigenvalue weighted by atomic mass is 9.75. The third-order valence-electron chi connectivity index (χ3n) is 2.98. The van der Waals surface area contributed by atoms with Crippen LogP contribution in [0.15, 0.2) is 0 Å². The number of aliphatic hydroxyl groups is 1. The second kappa shape index (κ2) is 3.86. The van der Waals surface area contributed by atoms with Crippen LogP contribution in [0.5, 0.6) is 0 Å². The zero-order valence-electron chi connectivity index (χ0n) is 7.64. The molecule has 0 aromatic rings. The van der Waals surface area contributed by atoms with Crippen molar-refractivity contribution in [3.05, 3.63) is 0 Å². The lowest BCUT2D eigenvalue weighted by molar-refractivity contribution is -0.199. The molecule has 78 valence electrons. The second-order valence-corrected chi connectivity index (χ2v) is 3.99. The van der Waals surface area contributed by atoms with Crippen LogP contribution in [0.1, 0.15) is 26.2 Å². The summed E-state index contributed by atoms with van der Waals surface area (Å²) < 4.78 is 37.3. The molecule has 3 atom stereocenters. The van der Waals surface area contributed by atoms with E-state index in [1.54, 1.807) is 6.92 Å². The van der Waals surface area contributed by atoms with Gasteiger partial charge in [0.15, 0.2) is 0 Å². The van der Waals surface area contributed by atoms with Gasteiger partial charge < -0.3 is 5.11 Å². The van der Waals surface area contributed by atoms with Crippen molar-refractivity contribution in [2.24, 2.45) is 17.8 Å². The third-order valence-corrected chi connectivity index (χ3v) is 2.98. The Bertz CT molecular complexity index is 167. The van der Waals surface area contributed by atoms with Gasteiger partial charge in [0.1, 0.15) is 0 Å². The standard InChI is InChI=1S/C9H15F3O/c1-6-2-3-7(5-13)4-8(6)9(10,11)12/h6-8,13H,2-5H2,1H3. The van der Waals surface area contributed by atoms with Crippen LogP contribution >= 0.6 is 0 Å². The predicted octanol–water partition coefficient (Wildman–Crippen LogP) is 2.59. The van der Waals surface area contributed by atoms with Gasteiger partial charge in [0.25, 0.3) is 0 Å². The average molecular weight is 196 g/mol. The maximum absolute atomic E-state index is 12.4. The van der Waals surface area contributed by atoms with Crippen LogP contribution in [0.4, 0.5) is 13.2 Å². The van der Waals surface area contributed by atoms with E-state index in [-0.39, 0.29) is 24.9 Å². The first kappa shape index (κ1) is 10.8. The van der Waals surface area contributed by atoms with Crippen LogP contribution < -0.4 is 0 Å². The van der Waals surface area contributed by atoms with E-state index in [4.69, 9.17) is 5.11 Å². The molecule has 1 nitrogen and oxygen atoms in total. The van der Waals surface area contributed by atoms with Gasteiger partial charge in [0.05, 0.1) is 5.92 Å². The highest BCUT2D eigenvalue weighted by molar-refractivity contribution is 4.81. The minimum Gasteiger partial charge on any atom is -0.396 e. The minimum absolute atomic E-state index is 0.0984. The Morgan fingerprint density at radius 3 is 2.38 bits per heavy atom. The van der Waals surface area contributed by atoms with Crippen molar-refractivity contribution in [3.63, 3.8) is 0 Å². The first-order valence-electron chi connectivity index (χ1n) is 4.62. The first-order valence-corrected chi connectivity index (χ1v) is 4.62. The van der Waals surface area contributed by atoms with E-state index in [1.807, 2.05) is 0 Å². The van der Waals surface area contributed by atoms with Crippen molar-refractivity contribution < 1.29 is 18.3 Å². The van der Waals surface area contributed by atoms with Crippen LogP contribution in [-0.4, -0.2) is 17.9 Å². The highest BCUT2D eigenvalue weighted by Crippen LogP contribution is 2.43. The Morgan fingerprint density at radius 2 is 1.92 bits per heavy atom. The zero-order chi connectivity index (χ0) is 10.1. The Labute approximate surface area is 75.9 Å². The molecule has 1 N–H and O–H groups in total. The molecule has 1 aliphatic carbocycles. The average Bonchev–Trinajstić information content (AvgIpc) is 2.03. The molecule has 0 aromatic carbocycles. The summed E-state index contributed by atoms with van der Waals surface area (Å²) in [5.74, 6) is -1.65. The first-order chi connectivity index (χ1) is 5.95. The largest absolute Gasteiger partial charge is 0.396 e. The molecule has 4 heteroatoms. The van der Waals surface area contributed by atoms with Crippen LogP contribution in [0.3, 0.4) is 0 Å². The SMILES string of the molecule is CC1CCC(CO)CC1C(F)(F)F. The van der Waals surface area contributed by atoms with E-state index in [0.29, 0.717) is 6.42 Å². The summed E-state index contributed by atoms with van der Waals surface area (Å²) in [5.41, 5.74) is 0. The fourth-order valence-corrected chi connectivity index (χ4v) is 2.03. The van der Waals surface area contributed by atoms with Gasteiger partial charge in [-0.05, 0) is 31.1 Å². The Hall–Kier alpha value is -0.250. The van der Waals surface area contributed by atoms with Crippen LogP contribution in [-0.2, 0) is 0 Å². The molecular formula is C9H15F3O. The number of halogens is 3. The molecule has 0 radical (unpaired) electrons. The summed E-state index contributed by atoms with van der Waals surface area (Å²) in [4.78, 5) is 0. The van der Waals surface area contributed by atoms with Crippen molar-refractivity contribution in [1.82, 2.24) is 0 Å². The lowest BCUT2D eigenvalue weighted by Crippen LogP contribution is -2.35. The quantitative estimate of drug-likeness (QED) is 0.683. The Kier molecular flexibility index (Phi) is 3.22. The van der Waals surface area contributed by atoms with Crippen molar-refractivity contribution in [2.75, 3.05) is 6.61 Å². The summed E-state index contributed by atoms with van der Waals surface area (Å²) in [5, 5.41) is 8.79. The van der Waals surface area contributed by atoms with Gasteiger partial charge in [-0.1, -0.05) is 6.92 Å². The van der Waals surface area contributed by atoms with E-state index in [9.17, 15) is 13.2 Å². The molecule has 1 fully saturated rings. The molecule has 1 aliphatic rings. The van der Waals surface area contributed by atoms with E-state index in [1.165, 1.54) is 0 Å². The summed E-state index contributed by atoms with van der Waals surface area (Å²) in [6.07, 6.45) is -2.69. The molecule has 0 amide bonds. The summed E-state index contributed by atoms with van der Waals surface area (Å²) in [7, 11) is 0. The van der Waals surface area contributed by atoms with E-state index in [0.717, 1.165) is 6.42 Å². The lowest BCUT2D eigenvalue weighted by Gasteiger charge is -2.34. The molecule has 3 unspecified atom stereocenters. The molecule has 0 aliphatic heterocycles. The summed E-state index contributed by atoms with van der Waals surface area (Å²) in [6.45, 7) is 1.53. The fourth-order valence-electron chi connectivity index (χ4n) is 2.03. The molecule has 13 heavy (non-hydrogen) atoms. The number of alkyl halides is 3. The minimum atomic E-state index is -4.09. The molecule has 0 spiro atoms.